The number of hydrogen-bond acceptors (Lipinski definition) is 3. The van der Waals surface area contributed by atoms with Crippen LogP contribution in [0.2, 0.25) is 10.0 Å². The first-order valence-corrected chi connectivity index (χ1v) is 8.09. The molecule has 2 saturated heterocycles. The topological polar surface area (TPSA) is 44.4 Å². The number of carbonyl (C=O) groups is 1. The number of fused-ring (bicyclic) bond motifs is 1. The van der Waals surface area contributed by atoms with Gasteiger partial charge in [0.1, 0.15) is 0 Å². The smallest absolute Gasteiger partial charge is 0.238 e. The molecule has 0 bridgehead atoms. The van der Waals surface area contributed by atoms with Crippen molar-refractivity contribution in [1.82, 2.24) is 10.2 Å². The third-order valence-corrected chi connectivity index (χ3v) is 5.08. The third kappa shape index (κ3) is 3.51. The number of halogens is 2. The number of likely N-dealkylation sites (tertiary alicyclic amines) is 1. The Morgan fingerprint density at radius 1 is 1.33 bits per heavy atom. The molecule has 0 spiro atoms. The summed E-state index contributed by atoms with van der Waals surface area (Å²) in [5.41, 5.74) is 0.688. The highest BCUT2D eigenvalue weighted by atomic mass is 35.5. The lowest BCUT2D eigenvalue weighted by atomic mass is 9.92. The van der Waals surface area contributed by atoms with Crippen LogP contribution in [-0.2, 0) is 4.79 Å². The molecule has 21 heavy (non-hydrogen) atoms. The molecule has 2 unspecified atom stereocenters. The van der Waals surface area contributed by atoms with E-state index in [-0.39, 0.29) is 5.91 Å². The molecule has 2 N–H and O–H groups in total. The Morgan fingerprint density at radius 3 is 3.00 bits per heavy atom. The summed E-state index contributed by atoms with van der Waals surface area (Å²) in [6.45, 7) is 3.50. The fourth-order valence-electron chi connectivity index (χ4n) is 3.32. The Labute approximate surface area is 134 Å². The van der Waals surface area contributed by atoms with E-state index in [1.807, 2.05) is 0 Å². The molecule has 0 aromatic heterocycles. The van der Waals surface area contributed by atoms with E-state index >= 15 is 0 Å². The predicted molar refractivity (Wildman–Crippen MR) is 86.0 cm³/mol. The van der Waals surface area contributed by atoms with E-state index in [1.165, 1.54) is 12.8 Å². The highest BCUT2D eigenvalue weighted by Gasteiger charge is 2.35. The molecule has 2 aliphatic rings. The number of nitrogens with zero attached hydrogens (tertiary/aromatic N) is 1. The van der Waals surface area contributed by atoms with Gasteiger partial charge < -0.3 is 10.6 Å². The Balaban J connectivity index is 1.59. The summed E-state index contributed by atoms with van der Waals surface area (Å²) in [4.78, 5) is 14.5. The van der Waals surface area contributed by atoms with Crippen molar-refractivity contribution in [3.63, 3.8) is 0 Å². The first-order chi connectivity index (χ1) is 10.1. The molecule has 1 aromatic carbocycles. The summed E-state index contributed by atoms with van der Waals surface area (Å²) in [5.74, 6) is 0.692. The number of hydrogen-bond donors (Lipinski definition) is 2. The highest BCUT2D eigenvalue weighted by Crippen LogP contribution is 2.27. The van der Waals surface area contributed by atoms with E-state index in [1.54, 1.807) is 18.2 Å². The van der Waals surface area contributed by atoms with Crippen LogP contribution >= 0.6 is 23.2 Å². The molecular formula is C15H19Cl2N3O. The molecule has 2 heterocycles. The number of carbonyl (C=O) groups excluding carboxylic acids is 1. The van der Waals surface area contributed by atoms with Gasteiger partial charge in [0.05, 0.1) is 16.6 Å². The summed E-state index contributed by atoms with van der Waals surface area (Å²) in [5, 5.41) is 7.26. The van der Waals surface area contributed by atoms with Crippen LogP contribution < -0.4 is 10.6 Å². The van der Waals surface area contributed by atoms with Gasteiger partial charge in [0.2, 0.25) is 5.91 Å². The molecule has 2 aliphatic heterocycles. The van der Waals surface area contributed by atoms with Gasteiger partial charge in [-0.2, -0.15) is 0 Å². The van der Waals surface area contributed by atoms with Gasteiger partial charge in [-0.05, 0) is 50.0 Å². The summed E-state index contributed by atoms with van der Waals surface area (Å²) >= 11 is 11.8. The minimum atomic E-state index is 0.000870. The number of nitrogens with one attached hydrogen (secondary N) is 2. The molecule has 114 valence electrons. The maximum Gasteiger partial charge on any atom is 0.238 e. The fourth-order valence-corrected chi connectivity index (χ4v) is 3.62. The molecule has 1 amide bonds. The lowest BCUT2D eigenvalue weighted by Gasteiger charge is -2.36. The van der Waals surface area contributed by atoms with Crippen LogP contribution in [0.3, 0.4) is 0 Å². The first-order valence-electron chi connectivity index (χ1n) is 7.33. The monoisotopic (exact) mass is 327 g/mol. The zero-order valence-electron chi connectivity index (χ0n) is 11.7. The summed E-state index contributed by atoms with van der Waals surface area (Å²) in [6, 6.07) is 5.63. The van der Waals surface area contributed by atoms with Gasteiger partial charge in [-0.25, -0.2) is 0 Å². The fraction of sp³-hybridized carbons (Fsp3) is 0.533. The van der Waals surface area contributed by atoms with Gasteiger partial charge in [0.15, 0.2) is 0 Å². The lowest BCUT2D eigenvalue weighted by molar-refractivity contribution is -0.118. The van der Waals surface area contributed by atoms with Crippen molar-refractivity contribution in [2.75, 3.05) is 31.5 Å². The normalized spacial score (nSPS) is 25.6. The Kier molecular flexibility index (Phi) is 4.69. The van der Waals surface area contributed by atoms with E-state index < -0.39 is 0 Å². The van der Waals surface area contributed by atoms with Crippen molar-refractivity contribution in [3.05, 3.63) is 28.2 Å². The second-order valence-corrected chi connectivity index (χ2v) is 6.59. The molecule has 2 fully saturated rings. The van der Waals surface area contributed by atoms with Gasteiger partial charge in [-0.3, -0.25) is 9.69 Å². The zero-order valence-corrected chi connectivity index (χ0v) is 13.3. The standard InChI is InChI=1S/C15H19Cl2N3O/c16-12-4-3-11(6-13(12)17)19-15(21)9-20-5-1-2-10-7-18-8-14(10)20/h3-4,6,10,14,18H,1-2,5,7-9H2,(H,19,21). The largest absolute Gasteiger partial charge is 0.325 e. The minimum absolute atomic E-state index is 0.000870. The predicted octanol–water partition coefficient (Wildman–Crippen LogP) is 2.62. The van der Waals surface area contributed by atoms with Crippen LogP contribution in [0.25, 0.3) is 0 Å². The molecule has 1 aromatic rings. The van der Waals surface area contributed by atoms with Crippen LogP contribution in [0.4, 0.5) is 5.69 Å². The van der Waals surface area contributed by atoms with Gasteiger partial charge in [0, 0.05) is 18.3 Å². The summed E-state index contributed by atoms with van der Waals surface area (Å²) in [6.07, 6.45) is 2.44. The second-order valence-electron chi connectivity index (χ2n) is 5.78. The zero-order chi connectivity index (χ0) is 14.8. The molecule has 0 aliphatic carbocycles. The van der Waals surface area contributed by atoms with Gasteiger partial charge >= 0.3 is 0 Å². The second kappa shape index (κ2) is 6.53. The number of amides is 1. The van der Waals surface area contributed by atoms with Gasteiger partial charge in [0.25, 0.3) is 0 Å². The van der Waals surface area contributed by atoms with E-state index in [0.717, 1.165) is 19.6 Å². The summed E-state index contributed by atoms with van der Waals surface area (Å²) in [7, 11) is 0. The third-order valence-electron chi connectivity index (χ3n) is 4.34. The van der Waals surface area contributed by atoms with Gasteiger partial charge in [-0.15, -0.1) is 0 Å². The highest BCUT2D eigenvalue weighted by molar-refractivity contribution is 6.42. The van der Waals surface area contributed by atoms with Crippen molar-refractivity contribution < 1.29 is 4.79 Å². The molecule has 2 atom stereocenters. The molecule has 4 nitrogen and oxygen atoms in total. The van der Waals surface area contributed by atoms with Crippen molar-refractivity contribution in [2.24, 2.45) is 5.92 Å². The molecule has 6 heteroatoms. The average molecular weight is 328 g/mol. The van der Waals surface area contributed by atoms with E-state index in [2.05, 4.69) is 15.5 Å². The van der Waals surface area contributed by atoms with E-state index in [0.29, 0.717) is 34.2 Å². The Hall–Kier alpha value is -0.810. The van der Waals surface area contributed by atoms with E-state index in [4.69, 9.17) is 23.2 Å². The van der Waals surface area contributed by atoms with Crippen molar-refractivity contribution in [3.8, 4) is 0 Å². The minimum Gasteiger partial charge on any atom is -0.325 e. The number of anilines is 1. The number of rotatable bonds is 3. The van der Waals surface area contributed by atoms with Crippen molar-refractivity contribution >= 4 is 34.8 Å². The van der Waals surface area contributed by atoms with E-state index in [9.17, 15) is 4.79 Å². The molecular weight excluding hydrogens is 309 g/mol. The lowest BCUT2D eigenvalue weighted by Crippen LogP contribution is -2.48. The number of piperidine rings is 1. The quantitative estimate of drug-likeness (QED) is 0.896. The molecule has 0 saturated carbocycles. The van der Waals surface area contributed by atoms with Crippen LogP contribution in [-0.4, -0.2) is 43.0 Å². The average Bonchev–Trinajstić information content (AvgIpc) is 2.92. The van der Waals surface area contributed by atoms with Crippen LogP contribution in [0.15, 0.2) is 18.2 Å². The molecule has 0 radical (unpaired) electrons. The van der Waals surface area contributed by atoms with Crippen LogP contribution in [0.1, 0.15) is 12.8 Å². The maximum atomic E-state index is 12.2. The maximum absolute atomic E-state index is 12.2. The first kappa shape index (κ1) is 15.1. The summed E-state index contributed by atoms with van der Waals surface area (Å²) < 4.78 is 0. The number of benzene rings is 1. The molecule has 3 rings (SSSR count). The van der Waals surface area contributed by atoms with Crippen LogP contribution in [0.5, 0.6) is 0 Å². The van der Waals surface area contributed by atoms with Crippen molar-refractivity contribution in [2.45, 2.75) is 18.9 Å². The van der Waals surface area contributed by atoms with Gasteiger partial charge in [-0.1, -0.05) is 23.2 Å². The van der Waals surface area contributed by atoms with Crippen LogP contribution in [0, 0.1) is 5.92 Å². The Morgan fingerprint density at radius 2 is 2.19 bits per heavy atom. The Bertz CT molecular complexity index is 538. The SMILES string of the molecule is O=C(CN1CCCC2CNCC21)Nc1ccc(Cl)c(Cl)c1. The van der Waals surface area contributed by atoms with Crippen molar-refractivity contribution in [1.29, 1.82) is 0 Å².